The first-order valence-corrected chi connectivity index (χ1v) is 7.00. The molecule has 2 saturated heterocycles. The predicted molar refractivity (Wildman–Crippen MR) is 68.8 cm³/mol. The van der Waals surface area contributed by atoms with Crippen LogP contribution in [0.4, 0.5) is 0 Å². The van der Waals surface area contributed by atoms with Crippen molar-refractivity contribution in [3.8, 4) is 0 Å². The average molecular weight is 253 g/mol. The first-order valence-electron chi connectivity index (χ1n) is 7.00. The first-order chi connectivity index (χ1) is 8.68. The molecular weight excluding hydrogens is 230 g/mol. The topological polar surface area (TPSA) is 75.4 Å². The lowest BCUT2D eigenvalue weighted by Gasteiger charge is -2.34. The summed E-state index contributed by atoms with van der Waals surface area (Å²) >= 11 is 0. The predicted octanol–water partition coefficient (Wildman–Crippen LogP) is 0.385. The number of nitrogens with zero attached hydrogens (tertiary/aromatic N) is 1. The van der Waals surface area contributed by atoms with E-state index < -0.39 is 0 Å². The minimum absolute atomic E-state index is 0.0900. The Balaban J connectivity index is 1.83. The number of nitrogens with two attached hydrogens (primary N) is 1. The van der Waals surface area contributed by atoms with E-state index in [2.05, 4.69) is 5.32 Å². The fourth-order valence-corrected chi connectivity index (χ4v) is 2.97. The molecule has 0 saturated carbocycles. The minimum Gasteiger partial charge on any atom is -0.368 e. The minimum atomic E-state index is -0.372. The summed E-state index contributed by atoms with van der Waals surface area (Å²) in [5.74, 6) is -0.269. The van der Waals surface area contributed by atoms with E-state index in [0.29, 0.717) is 19.0 Å². The molecule has 0 radical (unpaired) electrons. The molecule has 0 aliphatic carbocycles. The highest BCUT2D eigenvalue weighted by Crippen LogP contribution is 2.19. The highest BCUT2D eigenvalue weighted by molar-refractivity contribution is 5.86. The van der Waals surface area contributed by atoms with E-state index in [9.17, 15) is 9.59 Å². The van der Waals surface area contributed by atoms with Gasteiger partial charge in [-0.25, -0.2) is 0 Å². The third-order valence-electron chi connectivity index (χ3n) is 4.02. The van der Waals surface area contributed by atoms with Crippen molar-refractivity contribution in [2.45, 2.75) is 57.0 Å². The van der Waals surface area contributed by atoms with Gasteiger partial charge in [0.25, 0.3) is 0 Å². The van der Waals surface area contributed by atoms with Crippen molar-refractivity contribution in [1.29, 1.82) is 0 Å². The molecule has 2 rings (SSSR count). The van der Waals surface area contributed by atoms with Crippen LogP contribution in [0.3, 0.4) is 0 Å². The van der Waals surface area contributed by atoms with E-state index in [1.165, 1.54) is 6.42 Å². The van der Waals surface area contributed by atoms with Gasteiger partial charge in [0, 0.05) is 19.0 Å². The van der Waals surface area contributed by atoms with E-state index in [0.717, 1.165) is 38.6 Å². The van der Waals surface area contributed by atoms with Crippen molar-refractivity contribution in [2.75, 3.05) is 13.1 Å². The van der Waals surface area contributed by atoms with E-state index >= 15 is 0 Å². The number of piperidine rings is 1. The van der Waals surface area contributed by atoms with Gasteiger partial charge in [0.05, 0.1) is 0 Å². The molecule has 0 aromatic rings. The molecule has 18 heavy (non-hydrogen) atoms. The van der Waals surface area contributed by atoms with Gasteiger partial charge < -0.3 is 16.0 Å². The van der Waals surface area contributed by atoms with Crippen molar-refractivity contribution in [2.24, 2.45) is 5.73 Å². The van der Waals surface area contributed by atoms with Crippen LogP contribution in [0.5, 0.6) is 0 Å². The number of carbonyl (C=O) groups excluding carboxylic acids is 2. The van der Waals surface area contributed by atoms with Crippen LogP contribution < -0.4 is 11.1 Å². The molecule has 102 valence electrons. The summed E-state index contributed by atoms with van der Waals surface area (Å²) in [6.07, 6.45) is 6.46. The summed E-state index contributed by atoms with van der Waals surface area (Å²) in [7, 11) is 0. The Morgan fingerprint density at radius 3 is 2.72 bits per heavy atom. The first kappa shape index (κ1) is 13.3. The zero-order valence-electron chi connectivity index (χ0n) is 10.9. The maximum atomic E-state index is 12.2. The number of hydrogen-bond acceptors (Lipinski definition) is 3. The number of nitrogens with one attached hydrogen (secondary N) is 1. The van der Waals surface area contributed by atoms with Gasteiger partial charge in [0.2, 0.25) is 11.8 Å². The Bertz CT molecular complexity index is 313. The van der Waals surface area contributed by atoms with Crippen LogP contribution in [-0.2, 0) is 9.59 Å². The fourth-order valence-electron chi connectivity index (χ4n) is 2.97. The quantitative estimate of drug-likeness (QED) is 0.761. The third kappa shape index (κ3) is 3.22. The van der Waals surface area contributed by atoms with Crippen molar-refractivity contribution in [3.05, 3.63) is 0 Å². The van der Waals surface area contributed by atoms with Gasteiger partial charge in [-0.05, 0) is 45.1 Å². The molecule has 2 unspecified atom stereocenters. The van der Waals surface area contributed by atoms with Crippen molar-refractivity contribution in [3.63, 3.8) is 0 Å². The molecule has 2 aliphatic heterocycles. The van der Waals surface area contributed by atoms with Crippen LogP contribution in [0.1, 0.15) is 44.9 Å². The molecule has 5 heteroatoms. The smallest absolute Gasteiger partial charge is 0.240 e. The van der Waals surface area contributed by atoms with Crippen molar-refractivity contribution in [1.82, 2.24) is 10.2 Å². The van der Waals surface area contributed by atoms with Crippen molar-refractivity contribution >= 4 is 11.8 Å². The van der Waals surface area contributed by atoms with Gasteiger partial charge in [0.1, 0.15) is 6.04 Å². The maximum absolute atomic E-state index is 12.2. The largest absolute Gasteiger partial charge is 0.368 e. The van der Waals surface area contributed by atoms with Gasteiger partial charge in [-0.2, -0.15) is 0 Å². The molecule has 0 spiro atoms. The van der Waals surface area contributed by atoms with E-state index in [1.54, 1.807) is 4.90 Å². The van der Waals surface area contributed by atoms with E-state index in [1.807, 2.05) is 0 Å². The molecule has 2 fully saturated rings. The van der Waals surface area contributed by atoms with Gasteiger partial charge in [-0.1, -0.05) is 0 Å². The lowest BCUT2D eigenvalue weighted by molar-refractivity contribution is -0.141. The maximum Gasteiger partial charge on any atom is 0.240 e. The Morgan fingerprint density at radius 1 is 1.22 bits per heavy atom. The van der Waals surface area contributed by atoms with Crippen LogP contribution in [0.25, 0.3) is 0 Å². The highest BCUT2D eigenvalue weighted by atomic mass is 16.2. The Labute approximate surface area is 108 Å². The zero-order valence-corrected chi connectivity index (χ0v) is 10.9. The summed E-state index contributed by atoms with van der Waals surface area (Å²) in [5, 5.41) is 3.39. The number of carbonyl (C=O) groups is 2. The van der Waals surface area contributed by atoms with Crippen LogP contribution in [-0.4, -0.2) is 41.9 Å². The average Bonchev–Trinajstić information content (AvgIpc) is 2.89. The van der Waals surface area contributed by atoms with Gasteiger partial charge in [-0.15, -0.1) is 0 Å². The highest BCUT2D eigenvalue weighted by Gasteiger charge is 2.30. The van der Waals surface area contributed by atoms with E-state index in [-0.39, 0.29) is 17.9 Å². The normalized spacial score (nSPS) is 28.3. The standard InChI is InChI=1S/C13H23N3O2/c14-13(18)11-5-1-2-9-16(11)12(17)7-6-10-4-3-8-15-10/h10-11,15H,1-9H2,(H2,14,18). The molecule has 0 aromatic heterocycles. The Morgan fingerprint density at radius 2 is 2.06 bits per heavy atom. The lowest BCUT2D eigenvalue weighted by atomic mass is 10.00. The second-order valence-corrected chi connectivity index (χ2v) is 5.33. The zero-order chi connectivity index (χ0) is 13.0. The fraction of sp³-hybridized carbons (Fsp3) is 0.846. The molecule has 2 amide bonds. The Hall–Kier alpha value is -1.10. The summed E-state index contributed by atoms with van der Waals surface area (Å²) in [6, 6.07) is 0.105. The van der Waals surface area contributed by atoms with Gasteiger partial charge in [0.15, 0.2) is 0 Å². The molecule has 5 nitrogen and oxygen atoms in total. The molecule has 0 aromatic carbocycles. The number of primary amides is 1. The second kappa shape index (κ2) is 6.18. The van der Waals surface area contributed by atoms with E-state index in [4.69, 9.17) is 5.73 Å². The molecule has 2 aliphatic rings. The summed E-state index contributed by atoms with van der Waals surface area (Å²) < 4.78 is 0. The molecule has 2 heterocycles. The summed E-state index contributed by atoms with van der Waals surface area (Å²) in [6.45, 7) is 1.75. The summed E-state index contributed by atoms with van der Waals surface area (Å²) in [4.78, 5) is 25.2. The van der Waals surface area contributed by atoms with Crippen LogP contribution >= 0.6 is 0 Å². The molecule has 2 atom stereocenters. The number of likely N-dealkylation sites (tertiary alicyclic amines) is 1. The third-order valence-corrected chi connectivity index (χ3v) is 4.02. The number of rotatable bonds is 4. The molecular formula is C13H23N3O2. The molecule has 0 bridgehead atoms. The van der Waals surface area contributed by atoms with Gasteiger partial charge in [-0.3, -0.25) is 9.59 Å². The second-order valence-electron chi connectivity index (χ2n) is 5.33. The number of hydrogen-bond donors (Lipinski definition) is 2. The molecule has 3 N–H and O–H groups in total. The van der Waals surface area contributed by atoms with Gasteiger partial charge >= 0.3 is 0 Å². The number of amides is 2. The van der Waals surface area contributed by atoms with Crippen LogP contribution in [0.15, 0.2) is 0 Å². The van der Waals surface area contributed by atoms with Crippen LogP contribution in [0.2, 0.25) is 0 Å². The van der Waals surface area contributed by atoms with Crippen LogP contribution in [0, 0.1) is 0 Å². The lowest BCUT2D eigenvalue weighted by Crippen LogP contribution is -2.50. The SMILES string of the molecule is NC(=O)C1CCCCN1C(=O)CCC1CCCN1. The summed E-state index contributed by atoms with van der Waals surface area (Å²) in [5.41, 5.74) is 5.37. The Kier molecular flexibility index (Phi) is 4.58. The monoisotopic (exact) mass is 253 g/mol. The van der Waals surface area contributed by atoms with Crippen molar-refractivity contribution < 1.29 is 9.59 Å².